The second kappa shape index (κ2) is 9.19. The van der Waals surface area contributed by atoms with Crippen molar-refractivity contribution in [3.05, 3.63) is 11.3 Å². The maximum atomic E-state index is 3.57. The highest BCUT2D eigenvalue weighted by atomic mass is 28.3. The maximum absolute atomic E-state index is 3.57. The van der Waals surface area contributed by atoms with Crippen molar-refractivity contribution in [1.82, 2.24) is 5.32 Å². The minimum atomic E-state index is -0.792. The summed E-state index contributed by atoms with van der Waals surface area (Å²) in [4.78, 5) is 0. The summed E-state index contributed by atoms with van der Waals surface area (Å²) in [6.45, 7) is 14.3. The largest absolute Gasteiger partial charge is 0.317 e. The molecule has 0 saturated heterocycles. The van der Waals surface area contributed by atoms with Gasteiger partial charge in [-0.2, -0.15) is 0 Å². The molecule has 0 aromatic carbocycles. The zero-order valence-corrected chi connectivity index (χ0v) is 14.4. The van der Waals surface area contributed by atoms with E-state index in [0.717, 1.165) is 0 Å². The zero-order valence-electron chi connectivity index (χ0n) is 12.0. The van der Waals surface area contributed by atoms with Crippen LogP contribution in [0, 0.1) is 0 Å². The van der Waals surface area contributed by atoms with Gasteiger partial charge in [0.2, 0.25) is 0 Å². The molecule has 0 heterocycles. The normalized spacial score (nSPS) is 12.3. The average molecular weight is 258 g/mol. The van der Waals surface area contributed by atoms with Gasteiger partial charge in [-0.05, 0) is 39.8 Å². The molecule has 0 saturated carbocycles. The fourth-order valence-corrected chi connectivity index (χ4v) is 4.21. The van der Waals surface area contributed by atoms with E-state index in [4.69, 9.17) is 0 Å². The molecule has 3 heteroatoms. The van der Waals surface area contributed by atoms with Crippen LogP contribution in [0.4, 0.5) is 0 Å². The monoisotopic (exact) mass is 257 g/mol. The van der Waals surface area contributed by atoms with Crippen LogP contribution < -0.4 is 5.32 Å². The summed E-state index contributed by atoms with van der Waals surface area (Å²) in [5.74, 6) is 0. The Morgan fingerprint density at radius 3 is 2.31 bits per heavy atom. The van der Waals surface area contributed by atoms with E-state index >= 15 is 0 Å². The first-order chi connectivity index (χ1) is 7.42. The highest BCUT2D eigenvalue weighted by molar-refractivity contribution is 6.76. The summed E-state index contributed by atoms with van der Waals surface area (Å²) in [5.41, 5.74) is 3.99. The fourth-order valence-electron chi connectivity index (χ4n) is 1.65. The summed E-state index contributed by atoms with van der Waals surface area (Å²) < 4.78 is 0. The van der Waals surface area contributed by atoms with E-state index in [2.05, 4.69) is 44.5 Å². The molecule has 0 unspecified atom stereocenters. The summed E-state index contributed by atoms with van der Waals surface area (Å²) in [6, 6.07) is 2.93. The summed E-state index contributed by atoms with van der Waals surface area (Å²) >= 11 is 0. The van der Waals surface area contributed by atoms with Gasteiger partial charge in [-0.25, -0.2) is 0 Å². The summed E-state index contributed by atoms with van der Waals surface area (Å²) in [5, 5.41) is 3.57. The van der Waals surface area contributed by atoms with Crippen LogP contribution in [-0.2, 0) is 0 Å². The third-order valence-corrected chi connectivity index (χ3v) is 6.51. The molecule has 96 valence electrons. The molecule has 0 aliphatic carbocycles. The highest BCUT2D eigenvalue weighted by Gasteiger charge is 2.11. The van der Waals surface area contributed by atoms with Crippen LogP contribution in [0.25, 0.3) is 0 Å². The van der Waals surface area contributed by atoms with Crippen LogP contribution in [-0.4, -0.2) is 30.7 Å². The summed E-state index contributed by atoms with van der Waals surface area (Å²) in [6.07, 6.45) is 2.75. The Labute approximate surface area is 106 Å². The Balaban J connectivity index is 3.13. The molecule has 0 aliphatic heterocycles. The lowest BCUT2D eigenvalue weighted by Gasteiger charge is -2.15. The number of hydrogen-bond acceptors (Lipinski definition) is 1. The van der Waals surface area contributed by atoms with Crippen molar-refractivity contribution >= 4 is 17.6 Å². The van der Waals surface area contributed by atoms with Crippen LogP contribution in [0.2, 0.25) is 31.7 Å². The number of rotatable bonds is 9. The van der Waals surface area contributed by atoms with E-state index in [0.29, 0.717) is 0 Å². The Kier molecular flexibility index (Phi) is 9.27. The Morgan fingerprint density at radius 1 is 1.12 bits per heavy atom. The predicted molar refractivity (Wildman–Crippen MR) is 83.0 cm³/mol. The first kappa shape index (κ1) is 16.1. The standard InChI is InChI=1S/C13H31NSi2/c1-13(2)12-15-10-6-8-14-9-7-11-16(3,4)5/h12,14H,6-11,15H2,1-5H3. The maximum Gasteiger partial charge on any atom is 0.0453 e. The van der Waals surface area contributed by atoms with Crippen molar-refractivity contribution in [2.45, 2.75) is 58.4 Å². The molecule has 0 bridgehead atoms. The predicted octanol–water partition coefficient (Wildman–Crippen LogP) is 3.21. The first-order valence-electron chi connectivity index (χ1n) is 6.76. The Hall–Kier alpha value is 0.134. The fraction of sp³-hybridized carbons (Fsp3) is 0.846. The molecule has 0 rings (SSSR count). The molecule has 0 fully saturated rings. The van der Waals surface area contributed by atoms with Crippen molar-refractivity contribution in [2.24, 2.45) is 0 Å². The van der Waals surface area contributed by atoms with Gasteiger partial charge in [0.25, 0.3) is 0 Å². The molecule has 0 atom stereocenters. The van der Waals surface area contributed by atoms with E-state index < -0.39 is 8.07 Å². The van der Waals surface area contributed by atoms with Gasteiger partial charge in [-0.3, -0.25) is 0 Å². The third-order valence-electron chi connectivity index (χ3n) is 2.64. The first-order valence-corrected chi connectivity index (χ1v) is 12.3. The number of allylic oxidation sites excluding steroid dienone is 1. The second-order valence-electron chi connectivity index (χ2n) is 6.19. The lowest BCUT2D eigenvalue weighted by Crippen LogP contribution is -2.23. The lowest BCUT2D eigenvalue weighted by molar-refractivity contribution is 0.658. The van der Waals surface area contributed by atoms with Crippen molar-refractivity contribution in [2.75, 3.05) is 13.1 Å². The summed E-state index contributed by atoms with van der Waals surface area (Å²) in [7, 11) is -0.685. The average Bonchev–Trinajstić information content (AvgIpc) is 2.13. The molecule has 0 aromatic heterocycles. The van der Waals surface area contributed by atoms with Gasteiger partial charge in [0.15, 0.2) is 0 Å². The number of nitrogens with one attached hydrogen (secondary N) is 1. The number of hydrogen-bond donors (Lipinski definition) is 1. The lowest BCUT2D eigenvalue weighted by atomic mass is 10.4. The molecule has 0 radical (unpaired) electrons. The SMILES string of the molecule is CC(C)=C[SiH2]CCCNCCC[Si](C)(C)C. The molecule has 1 nitrogen and oxygen atoms in total. The van der Waals surface area contributed by atoms with Gasteiger partial charge in [0, 0.05) is 17.6 Å². The minimum Gasteiger partial charge on any atom is -0.317 e. The van der Waals surface area contributed by atoms with Crippen molar-refractivity contribution in [3.8, 4) is 0 Å². The van der Waals surface area contributed by atoms with Crippen LogP contribution in [0.3, 0.4) is 0 Å². The topological polar surface area (TPSA) is 12.0 Å². The molecular weight excluding hydrogens is 226 g/mol. The van der Waals surface area contributed by atoms with Gasteiger partial charge >= 0.3 is 0 Å². The molecule has 16 heavy (non-hydrogen) atoms. The smallest absolute Gasteiger partial charge is 0.0453 e. The van der Waals surface area contributed by atoms with Crippen LogP contribution in [0.1, 0.15) is 26.7 Å². The van der Waals surface area contributed by atoms with Gasteiger partial charge in [-0.1, -0.05) is 37.3 Å². The molecule has 1 N–H and O–H groups in total. The third kappa shape index (κ3) is 14.1. The van der Waals surface area contributed by atoms with Gasteiger partial charge < -0.3 is 5.32 Å². The van der Waals surface area contributed by atoms with Crippen molar-refractivity contribution < 1.29 is 0 Å². The molecule has 0 spiro atoms. The van der Waals surface area contributed by atoms with Crippen LogP contribution >= 0.6 is 0 Å². The Bertz CT molecular complexity index is 191. The van der Waals surface area contributed by atoms with E-state index in [9.17, 15) is 0 Å². The van der Waals surface area contributed by atoms with Crippen molar-refractivity contribution in [3.63, 3.8) is 0 Å². The van der Waals surface area contributed by atoms with E-state index in [-0.39, 0.29) is 9.52 Å². The van der Waals surface area contributed by atoms with E-state index in [1.165, 1.54) is 43.6 Å². The van der Waals surface area contributed by atoms with E-state index in [1.807, 2.05) is 0 Å². The van der Waals surface area contributed by atoms with Gasteiger partial charge in [-0.15, -0.1) is 5.70 Å². The highest BCUT2D eigenvalue weighted by Crippen LogP contribution is 2.09. The van der Waals surface area contributed by atoms with Gasteiger partial charge in [0.1, 0.15) is 0 Å². The second-order valence-corrected chi connectivity index (χ2v) is 13.5. The molecule has 0 amide bonds. The van der Waals surface area contributed by atoms with Gasteiger partial charge in [0.05, 0.1) is 0 Å². The molecular formula is C13H31NSi2. The minimum absolute atomic E-state index is 0.107. The molecule has 0 aliphatic rings. The zero-order chi connectivity index (χ0) is 12.4. The van der Waals surface area contributed by atoms with Crippen LogP contribution in [0.15, 0.2) is 11.3 Å². The van der Waals surface area contributed by atoms with E-state index in [1.54, 1.807) is 0 Å². The van der Waals surface area contributed by atoms with Crippen LogP contribution in [0.5, 0.6) is 0 Å². The molecule has 0 aromatic rings. The quantitative estimate of drug-likeness (QED) is 0.494. The Morgan fingerprint density at radius 2 is 1.75 bits per heavy atom. The van der Waals surface area contributed by atoms with Crippen molar-refractivity contribution in [1.29, 1.82) is 0 Å².